The number of benzene rings is 2. The third-order valence-electron chi connectivity index (χ3n) is 3.40. The number of carbonyl (C=O) groups is 1. The Morgan fingerprint density at radius 3 is 2.74 bits per heavy atom. The van der Waals surface area contributed by atoms with Crippen LogP contribution < -0.4 is 10.7 Å². The first kappa shape index (κ1) is 14.8. The minimum absolute atomic E-state index is 0.0486. The van der Waals surface area contributed by atoms with Crippen LogP contribution in [0.5, 0.6) is 0 Å². The molecule has 1 aromatic heterocycles. The molecule has 0 fully saturated rings. The second-order valence-electron chi connectivity index (χ2n) is 4.81. The lowest BCUT2D eigenvalue weighted by Gasteiger charge is -2.07. The highest BCUT2D eigenvalue weighted by molar-refractivity contribution is 6.35. The van der Waals surface area contributed by atoms with Crippen molar-refractivity contribution in [3.05, 3.63) is 75.0 Å². The molecule has 23 heavy (non-hydrogen) atoms. The molecule has 0 saturated heterocycles. The Balaban J connectivity index is 2.04. The van der Waals surface area contributed by atoms with Gasteiger partial charge in [0.05, 0.1) is 21.8 Å². The van der Waals surface area contributed by atoms with Gasteiger partial charge in [-0.1, -0.05) is 29.8 Å². The number of nitriles is 1. The lowest BCUT2D eigenvalue weighted by Crippen LogP contribution is -2.22. The molecule has 1 amide bonds. The average Bonchev–Trinajstić information content (AvgIpc) is 2.56. The van der Waals surface area contributed by atoms with Crippen molar-refractivity contribution < 1.29 is 4.79 Å². The van der Waals surface area contributed by atoms with Gasteiger partial charge in [0.25, 0.3) is 5.91 Å². The van der Waals surface area contributed by atoms with Crippen LogP contribution in [-0.2, 0) is 0 Å². The molecule has 6 heteroatoms. The van der Waals surface area contributed by atoms with E-state index < -0.39 is 11.3 Å². The van der Waals surface area contributed by atoms with Crippen LogP contribution >= 0.6 is 11.6 Å². The van der Waals surface area contributed by atoms with Gasteiger partial charge in [-0.15, -0.1) is 0 Å². The highest BCUT2D eigenvalue weighted by atomic mass is 35.5. The fraction of sp³-hybridized carbons (Fsp3) is 0. The Bertz CT molecular complexity index is 1020. The minimum Gasteiger partial charge on any atom is -0.359 e. The number of pyridine rings is 1. The van der Waals surface area contributed by atoms with Gasteiger partial charge in [0.1, 0.15) is 11.6 Å². The maximum Gasteiger partial charge on any atom is 0.261 e. The van der Waals surface area contributed by atoms with Gasteiger partial charge in [-0.2, -0.15) is 5.26 Å². The van der Waals surface area contributed by atoms with E-state index in [1.807, 2.05) is 6.07 Å². The van der Waals surface area contributed by atoms with E-state index >= 15 is 0 Å². The number of aromatic amines is 1. The van der Waals surface area contributed by atoms with Crippen molar-refractivity contribution >= 4 is 34.1 Å². The third kappa shape index (κ3) is 2.68. The predicted octanol–water partition coefficient (Wildman–Crippen LogP) is 3.31. The fourth-order valence-corrected chi connectivity index (χ4v) is 2.49. The molecule has 0 aliphatic carbocycles. The number of hydrogen-bond acceptors (Lipinski definition) is 3. The van der Waals surface area contributed by atoms with E-state index in [0.717, 1.165) is 0 Å². The maximum absolute atomic E-state index is 12.5. The zero-order valence-corrected chi connectivity index (χ0v) is 12.5. The van der Waals surface area contributed by atoms with Crippen LogP contribution in [0.3, 0.4) is 0 Å². The zero-order chi connectivity index (χ0) is 16.4. The van der Waals surface area contributed by atoms with Gasteiger partial charge in [0.15, 0.2) is 0 Å². The van der Waals surface area contributed by atoms with Crippen LogP contribution in [0, 0.1) is 11.3 Å². The summed E-state index contributed by atoms with van der Waals surface area (Å²) >= 11 is 6.02. The number of nitrogens with zero attached hydrogens (tertiary/aromatic N) is 1. The van der Waals surface area contributed by atoms with E-state index in [1.54, 1.807) is 42.5 Å². The van der Waals surface area contributed by atoms with Crippen molar-refractivity contribution in [2.75, 3.05) is 5.32 Å². The number of halogens is 1. The first-order chi connectivity index (χ1) is 11.1. The SMILES string of the molecule is N#Cc1ccccc1NC(=O)c1c[nH]c2c(Cl)cccc2c1=O. The van der Waals surface area contributed by atoms with E-state index in [4.69, 9.17) is 16.9 Å². The summed E-state index contributed by atoms with van der Waals surface area (Å²) < 4.78 is 0. The van der Waals surface area contributed by atoms with Crippen LogP contribution in [0.2, 0.25) is 5.02 Å². The molecule has 3 rings (SSSR count). The van der Waals surface area contributed by atoms with Gasteiger partial charge in [0.2, 0.25) is 5.43 Å². The number of aromatic nitrogens is 1. The number of anilines is 1. The third-order valence-corrected chi connectivity index (χ3v) is 3.72. The monoisotopic (exact) mass is 323 g/mol. The van der Waals surface area contributed by atoms with Gasteiger partial charge in [-0.25, -0.2) is 0 Å². The van der Waals surface area contributed by atoms with Crippen LogP contribution in [0.15, 0.2) is 53.5 Å². The molecule has 0 aliphatic heterocycles. The number of H-pyrrole nitrogens is 1. The molecule has 112 valence electrons. The van der Waals surface area contributed by atoms with Gasteiger partial charge in [-0.05, 0) is 24.3 Å². The quantitative estimate of drug-likeness (QED) is 0.758. The maximum atomic E-state index is 12.5. The molecule has 2 N–H and O–H groups in total. The molecule has 0 atom stereocenters. The second-order valence-corrected chi connectivity index (χ2v) is 5.21. The lowest BCUT2D eigenvalue weighted by molar-refractivity contribution is 0.102. The van der Waals surface area contributed by atoms with Crippen molar-refractivity contribution in [3.63, 3.8) is 0 Å². The highest BCUT2D eigenvalue weighted by Gasteiger charge is 2.15. The molecule has 0 spiro atoms. The zero-order valence-electron chi connectivity index (χ0n) is 11.8. The molecule has 3 aromatic rings. The first-order valence-electron chi connectivity index (χ1n) is 6.72. The summed E-state index contributed by atoms with van der Waals surface area (Å²) in [5.74, 6) is -0.587. The molecule has 0 unspecified atom stereocenters. The molecule has 1 heterocycles. The number of carbonyl (C=O) groups excluding carboxylic acids is 1. The predicted molar refractivity (Wildman–Crippen MR) is 88.7 cm³/mol. The van der Waals surface area contributed by atoms with Crippen molar-refractivity contribution in [1.29, 1.82) is 5.26 Å². The highest BCUT2D eigenvalue weighted by Crippen LogP contribution is 2.19. The molecule has 5 nitrogen and oxygen atoms in total. The van der Waals surface area contributed by atoms with Crippen molar-refractivity contribution in [2.45, 2.75) is 0 Å². The molecule has 0 aliphatic rings. The number of para-hydroxylation sites is 2. The molecular weight excluding hydrogens is 314 g/mol. The van der Waals surface area contributed by atoms with Crippen molar-refractivity contribution in [1.82, 2.24) is 4.98 Å². The lowest BCUT2D eigenvalue weighted by atomic mass is 10.1. The smallest absolute Gasteiger partial charge is 0.261 e. The van der Waals surface area contributed by atoms with E-state index in [-0.39, 0.29) is 5.56 Å². The van der Waals surface area contributed by atoms with E-state index in [0.29, 0.717) is 27.2 Å². The van der Waals surface area contributed by atoms with Gasteiger partial charge >= 0.3 is 0 Å². The minimum atomic E-state index is -0.587. The largest absolute Gasteiger partial charge is 0.359 e. The topological polar surface area (TPSA) is 85.8 Å². The molecular formula is C17H10ClN3O2. The Morgan fingerprint density at radius 1 is 1.17 bits per heavy atom. The fourth-order valence-electron chi connectivity index (χ4n) is 2.26. The molecule has 0 bridgehead atoms. The Morgan fingerprint density at radius 2 is 1.96 bits per heavy atom. The first-order valence-corrected chi connectivity index (χ1v) is 7.10. The van der Waals surface area contributed by atoms with Crippen LogP contribution in [-0.4, -0.2) is 10.9 Å². The van der Waals surface area contributed by atoms with Crippen molar-refractivity contribution in [3.8, 4) is 6.07 Å². The van der Waals surface area contributed by atoms with Gasteiger partial charge in [0, 0.05) is 11.6 Å². The summed E-state index contributed by atoms with van der Waals surface area (Å²) in [6.07, 6.45) is 1.32. The molecule has 0 radical (unpaired) electrons. The average molecular weight is 324 g/mol. The summed E-state index contributed by atoms with van der Waals surface area (Å²) in [5, 5.41) is 12.4. The number of hydrogen-bond donors (Lipinski definition) is 2. The number of fused-ring (bicyclic) bond motifs is 1. The van der Waals surface area contributed by atoms with E-state index in [9.17, 15) is 9.59 Å². The van der Waals surface area contributed by atoms with Gasteiger partial charge in [-0.3, -0.25) is 9.59 Å². The molecule has 2 aromatic carbocycles. The summed E-state index contributed by atoms with van der Waals surface area (Å²) in [6.45, 7) is 0. The number of rotatable bonds is 2. The summed E-state index contributed by atoms with van der Waals surface area (Å²) in [4.78, 5) is 27.7. The second kappa shape index (κ2) is 5.95. The van der Waals surface area contributed by atoms with Crippen LogP contribution in [0.1, 0.15) is 15.9 Å². The number of amides is 1. The summed E-state index contributed by atoms with van der Waals surface area (Å²) in [6, 6.07) is 13.5. The normalized spacial score (nSPS) is 10.3. The number of nitrogens with one attached hydrogen (secondary N) is 2. The summed E-state index contributed by atoms with van der Waals surface area (Å²) in [7, 11) is 0. The molecule has 0 saturated carbocycles. The summed E-state index contributed by atoms with van der Waals surface area (Å²) in [5.41, 5.74) is 0.681. The van der Waals surface area contributed by atoms with Gasteiger partial charge < -0.3 is 10.3 Å². The Labute approximate surface area is 136 Å². The van der Waals surface area contributed by atoms with E-state index in [1.165, 1.54) is 6.20 Å². The van der Waals surface area contributed by atoms with Crippen LogP contribution in [0.4, 0.5) is 5.69 Å². The van der Waals surface area contributed by atoms with Crippen LogP contribution in [0.25, 0.3) is 10.9 Å². The standard InChI is InChI=1S/C17H10ClN3O2/c18-13-6-3-5-11-15(13)20-9-12(16(11)22)17(23)21-14-7-2-1-4-10(14)8-19/h1-7,9H,(H,20,22)(H,21,23). The van der Waals surface area contributed by atoms with Crippen molar-refractivity contribution in [2.24, 2.45) is 0 Å². The van der Waals surface area contributed by atoms with E-state index in [2.05, 4.69) is 10.3 Å². The Hall–Kier alpha value is -3.10. The Kier molecular flexibility index (Phi) is 3.83.